The number of rotatable bonds is 0. The van der Waals surface area contributed by atoms with Gasteiger partial charge in [0.15, 0.2) is 0 Å². The summed E-state index contributed by atoms with van der Waals surface area (Å²) in [6.45, 7) is 0.647. The highest BCUT2D eigenvalue weighted by molar-refractivity contribution is 5.83. The van der Waals surface area contributed by atoms with Crippen LogP contribution in [0.3, 0.4) is 0 Å². The Kier molecular flexibility index (Phi) is 0.873. The van der Waals surface area contributed by atoms with Gasteiger partial charge in [-0.15, -0.1) is 0 Å². The molecule has 0 aromatic heterocycles. The number of nitrogens with zero attached hydrogens (tertiary/aromatic N) is 1. The highest BCUT2D eigenvalue weighted by Gasteiger charge is 2.36. The molecule has 2 aliphatic rings. The van der Waals surface area contributed by atoms with Gasteiger partial charge in [-0.05, 0) is 6.08 Å². The smallest absolute Gasteiger partial charge is 0.233 e. The van der Waals surface area contributed by atoms with E-state index >= 15 is 0 Å². The molecule has 2 rings (SSSR count). The van der Waals surface area contributed by atoms with E-state index in [0.29, 0.717) is 13.0 Å². The Bertz CT molecular complexity index is 176. The number of carbonyl (C=O) groups excluding carboxylic acids is 1. The van der Waals surface area contributed by atoms with Crippen LogP contribution in [-0.4, -0.2) is 23.6 Å². The van der Waals surface area contributed by atoms with Gasteiger partial charge in [0.05, 0.1) is 13.0 Å². The zero-order valence-electron chi connectivity index (χ0n) is 4.91. The molecule has 3 nitrogen and oxygen atoms in total. The van der Waals surface area contributed by atoms with E-state index < -0.39 is 0 Å². The normalized spacial score (nSPS) is 31.8. The summed E-state index contributed by atoms with van der Waals surface area (Å²) in [5.74, 6) is 0.163. The number of carbonyl (C=O) groups is 1. The van der Waals surface area contributed by atoms with Crippen LogP contribution in [0.2, 0.25) is 0 Å². The molecular weight excluding hydrogens is 118 g/mol. The average molecular weight is 125 g/mol. The Morgan fingerprint density at radius 2 is 2.67 bits per heavy atom. The average Bonchev–Trinajstić information content (AvgIpc) is 1.86. The fourth-order valence-electron chi connectivity index (χ4n) is 1.04. The first-order valence-electron chi connectivity index (χ1n) is 2.97. The highest BCUT2D eigenvalue weighted by Crippen LogP contribution is 2.22. The Balaban J connectivity index is 2.16. The SMILES string of the molecule is O=C1C[C@H]2OCC=CN12. The van der Waals surface area contributed by atoms with E-state index in [1.54, 1.807) is 11.1 Å². The topological polar surface area (TPSA) is 29.5 Å². The van der Waals surface area contributed by atoms with E-state index in [2.05, 4.69) is 0 Å². The molecular formula is C6H7NO2. The van der Waals surface area contributed by atoms with Crippen LogP contribution in [0.5, 0.6) is 0 Å². The lowest BCUT2D eigenvalue weighted by molar-refractivity contribution is -0.166. The first-order chi connectivity index (χ1) is 4.38. The zero-order chi connectivity index (χ0) is 6.27. The molecule has 0 aromatic rings. The molecule has 48 valence electrons. The van der Waals surface area contributed by atoms with Crippen molar-refractivity contribution in [2.24, 2.45) is 0 Å². The second-order valence-corrected chi connectivity index (χ2v) is 2.18. The lowest BCUT2D eigenvalue weighted by Crippen LogP contribution is -2.52. The molecule has 1 amide bonds. The van der Waals surface area contributed by atoms with E-state index in [1.807, 2.05) is 6.08 Å². The minimum absolute atomic E-state index is 0.0579. The van der Waals surface area contributed by atoms with Crippen molar-refractivity contribution in [1.29, 1.82) is 0 Å². The second kappa shape index (κ2) is 1.57. The van der Waals surface area contributed by atoms with Crippen LogP contribution in [0.15, 0.2) is 12.3 Å². The summed E-state index contributed by atoms with van der Waals surface area (Å²) in [5, 5.41) is 0. The first-order valence-corrected chi connectivity index (χ1v) is 2.97. The van der Waals surface area contributed by atoms with Crippen molar-refractivity contribution >= 4 is 5.91 Å². The van der Waals surface area contributed by atoms with Crippen LogP contribution in [0.25, 0.3) is 0 Å². The quantitative estimate of drug-likeness (QED) is 0.429. The predicted molar refractivity (Wildman–Crippen MR) is 30.3 cm³/mol. The zero-order valence-corrected chi connectivity index (χ0v) is 4.91. The molecule has 0 bridgehead atoms. The maximum Gasteiger partial charge on any atom is 0.233 e. The third kappa shape index (κ3) is 0.580. The number of hydrogen-bond acceptors (Lipinski definition) is 2. The van der Waals surface area contributed by atoms with Gasteiger partial charge in [0, 0.05) is 6.20 Å². The number of fused-ring (bicyclic) bond motifs is 1. The monoisotopic (exact) mass is 125 g/mol. The lowest BCUT2D eigenvalue weighted by Gasteiger charge is -2.39. The molecule has 0 unspecified atom stereocenters. The van der Waals surface area contributed by atoms with E-state index in [4.69, 9.17) is 4.74 Å². The summed E-state index contributed by atoms with van der Waals surface area (Å²) in [6, 6.07) is 0. The number of hydrogen-bond donors (Lipinski definition) is 0. The van der Waals surface area contributed by atoms with Gasteiger partial charge in [0.2, 0.25) is 5.91 Å². The largest absolute Gasteiger partial charge is 0.353 e. The Morgan fingerprint density at radius 3 is 3.22 bits per heavy atom. The molecule has 1 fully saturated rings. The van der Waals surface area contributed by atoms with Gasteiger partial charge < -0.3 is 4.74 Å². The minimum Gasteiger partial charge on any atom is -0.353 e. The first kappa shape index (κ1) is 4.99. The van der Waals surface area contributed by atoms with Crippen LogP contribution >= 0.6 is 0 Å². The van der Waals surface area contributed by atoms with Crippen LogP contribution in [0.1, 0.15) is 6.42 Å². The number of β-lactam (4-membered cyclic amide) rings is 1. The van der Waals surface area contributed by atoms with Crippen LogP contribution in [0, 0.1) is 0 Å². The van der Waals surface area contributed by atoms with Crippen LogP contribution < -0.4 is 0 Å². The summed E-state index contributed by atoms with van der Waals surface area (Å²) < 4.78 is 5.17. The molecule has 1 saturated heterocycles. The Morgan fingerprint density at radius 1 is 1.78 bits per heavy atom. The minimum atomic E-state index is 0.0579. The predicted octanol–water partition coefficient (Wildman–Crippen LogP) is 0.0887. The van der Waals surface area contributed by atoms with Crippen molar-refractivity contribution < 1.29 is 9.53 Å². The van der Waals surface area contributed by atoms with Gasteiger partial charge in [0.25, 0.3) is 0 Å². The number of amides is 1. The van der Waals surface area contributed by atoms with Crippen LogP contribution in [0.4, 0.5) is 0 Å². The number of ether oxygens (including phenoxy) is 1. The molecule has 2 aliphatic heterocycles. The molecule has 0 spiro atoms. The molecule has 3 heteroatoms. The van der Waals surface area contributed by atoms with E-state index in [-0.39, 0.29) is 12.1 Å². The van der Waals surface area contributed by atoms with E-state index in [9.17, 15) is 4.79 Å². The van der Waals surface area contributed by atoms with Gasteiger partial charge in [-0.25, -0.2) is 0 Å². The van der Waals surface area contributed by atoms with Crippen molar-refractivity contribution in [2.75, 3.05) is 6.61 Å². The van der Waals surface area contributed by atoms with Gasteiger partial charge in [-0.1, -0.05) is 0 Å². The summed E-state index contributed by atoms with van der Waals surface area (Å²) in [6.07, 6.45) is 4.25. The third-order valence-corrected chi connectivity index (χ3v) is 1.60. The highest BCUT2D eigenvalue weighted by atomic mass is 16.5. The van der Waals surface area contributed by atoms with Crippen molar-refractivity contribution in [3.63, 3.8) is 0 Å². The Hall–Kier alpha value is -0.830. The van der Waals surface area contributed by atoms with Crippen molar-refractivity contribution in [2.45, 2.75) is 12.6 Å². The molecule has 0 aromatic carbocycles. The molecule has 0 radical (unpaired) electrons. The fraction of sp³-hybridized carbons (Fsp3) is 0.500. The maximum absolute atomic E-state index is 10.7. The summed E-state index contributed by atoms with van der Waals surface area (Å²) in [5.41, 5.74) is 0. The third-order valence-electron chi connectivity index (χ3n) is 1.60. The summed E-state index contributed by atoms with van der Waals surface area (Å²) >= 11 is 0. The molecule has 0 N–H and O–H groups in total. The van der Waals surface area contributed by atoms with E-state index in [0.717, 1.165) is 0 Å². The second-order valence-electron chi connectivity index (χ2n) is 2.18. The molecule has 9 heavy (non-hydrogen) atoms. The van der Waals surface area contributed by atoms with Gasteiger partial charge in [0.1, 0.15) is 6.23 Å². The van der Waals surface area contributed by atoms with Crippen molar-refractivity contribution in [3.8, 4) is 0 Å². The van der Waals surface area contributed by atoms with Gasteiger partial charge in [-0.3, -0.25) is 9.69 Å². The summed E-state index contributed by atoms with van der Waals surface area (Å²) in [7, 11) is 0. The maximum atomic E-state index is 10.7. The molecule has 2 heterocycles. The fourth-order valence-corrected chi connectivity index (χ4v) is 1.04. The van der Waals surface area contributed by atoms with Crippen LogP contribution in [-0.2, 0) is 9.53 Å². The molecule has 0 saturated carbocycles. The van der Waals surface area contributed by atoms with Gasteiger partial charge >= 0.3 is 0 Å². The van der Waals surface area contributed by atoms with Crippen molar-refractivity contribution in [3.05, 3.63) is 12.3 Å². The molecule has 0 aliphatic carbocycles. The van der Waals surface area contributed by atoms with Crippen molar-refractivity contribution in [1.82, 2.24) is 4.90 Å². The van der Waals surface area contributed by atoms with Gasteiger partial charge in [-0.2, -0.15) is 0 Å². The Labute approximate surface area is 52.9 Å². The molecule has 1 atom stereocenters. The van der Waals surface area contributed by atoms with E-state index in [1.165, 1.54) is 0 Å². The summed E-state index contributed by atoms with van der Waals surface area (Å²) in [4.78, 5) is 12.3. The lowest BCUT2D eigenvalue weighted by atomic mass is 10.1. The standard InChI is InChI=1S/C6H7NO2/c8-5-4-6-7(5)2-1-3-9-6/h1-2,6H,3-4H2/t6-/m1/s1.